The lowest BCUT2D eigenvalue weighted by atomic mass is 9.89. The molecule has 11 heteroatoms. The lowest BCUT2D eigenvalue weighted by Gasteiger charge is -2.25. The highest BCUT2D eigenvalue weighted by Gasteiger charge is 2.35. The molecule has 3 aromatic rings. The van der Waals surface area contributed by atoms with E-state index in [1.54, 1.807) is 12.1 Å². The first-order valence-corrected chi connectivity index (χ1v) is 12.6. The topological polar surface area (TPSA) is 73.2 Å². The molecule has 0 spiro atoms. The first kappa shape index (κ1) is 26.4. The summed E-state index contributed by atoms with van der Waals surface area (Å²) in [5, 5.41) is 7.27. The maximum atomic E-state index is 15.2. The molecular formula is C27H24ClF4N3O3. The smallest absolute Gasteiger partial charge is 0.401 e. The zero-order valence-electron chi connectivity index (χ0n) is 20.4. The van der Waals surface area contributed by atoms with Crippen LogP contribution in [0.1, 0.15) is 62.7 Å². The van der Waals surface area contributed by atoms with Gasteiger partial charge in [-0.1, -0.05) is 23.7 Å². The molecule has 1 saturated carbocycles. The summed E-state index contributed by atoms with van der Waals surface area (Å²) >= 11 is 6.46. The van der Waals surface area contributed by atoms with Gasteiger partial charge in [0, 0.05) is 23.6 Å². The van der Waals surface area contributed by atoms with Gasteiger partial charge in [-0.2, -0.15) is 23.0 Å². The average Bonchev–Trinajstić information content (AvgIpc) is 3.67. The Hall–Kier alpha value is -3.24. The minimum Gasteiger partial charge on any atom is -0.465 e. The van der Waals surface area contributed by atoms with Crippen molar-refractivity contribution in [2.24, 2.45) is 0 Å². The van der Waals surface area contributed by atoms with Gasteiger partial charge < -0.3 is 10.1 Å². The zero-order valence-corrected chi connectivity index (χ0v) is 21.1. The van der Waals surface area contributed by atoms with Gasteiger partial charge in [-0.25, -0.2) is 9.18 Å². The zero-order chi connectivity index (χ0) is 27.2. The van der Waals surface area contributed by atoms with Gasteiger partial charge in [0.15, 0.2) is 0 Å². The summed E-state index contributed by atoms with van der Waals surface area (Å²) in [4.78, 5) is 25.7. The average molecular weight is 550 g/mol. The van der Waals surface area contributed by atoms with Crippen LogP contribution in [0.3, 0.4) is 0 Å². The minimum absolute atomic E-state index is 0.0136. The van der Waals surface area contributed by atoms with E-state index in [1.165, 1.54) is 19.2 Å². The van der Waals surface area contributed by atoms with Crippen molar-refractivity contribution in [1.29, 1.82) is 0 Å². The van der Waals surface area contributed by atoms with Crippen LogP contribution < -0.4 is 5.32 Å². The molecule has 1 N–H and O–H groups in total. The highest BCUT2D eigenvalue weighted by molar-refractivity contribution is 6.34. The van der Waals surface area contributed by atoms with Crippen molar-refractivity contribution in [3.8, 4) is 11.3 Å². The molecule has 2 aliphatic rings. The Kier molecular flexibility index (Phi) is 7.04. The predicted octanol–water partition coefficient (Wildman–Crippen LogP) is 5.70. The lowest BCUT2D eigenvalue weighted by molar-refractivity contribution is -0.126. The summed E-state index contributed by atoms with van der Waals surface area (Å²) in [6, 6.07) is 8.48. The second kappa shape index (κ2) is 10.1. The molecule has 1 heterocycles. The van der Waals surface area contributed by atoms with Gasteiger partial charge in [0.05, 0.1) is 41.2 Å². The molecule has 2 aliphatic carbocycles. The Balaban J connectivity index is 1.59. The number of ether oxygens (including phenoxy) is 1. The van der Waals surface area contributed by atoms with Gasteiger partial charge in [0.25, 0.3) is 5.91 Å². The number of nitrogens with one attached hydrogen (secondary N) is 1. The molecule has 1 fully saturated rings. The summed E-state index contributed by atoms with van der Waals surface area (Å²) in [5.74, 6) is -1.75. The Morgan fingerprint density at radius 2 is 1.95 bits per heavy atom. The molecule has 0 amide bonds. The Bertz CT molecular complexity index is 1420. The van der Waals surface area contributed by atoms with Crippen LogP contribution in [0.25, 0.3) is 11.3 Å². The fourth-order valence-electron chi connectivity index (χ4n) is 4.99. The monoisotopic (exact) mass is 549 g/mol. The van der Waals surface area contributed by atoms with E-state index in [0.717, 1.165) is 29.2 Å². The Morgan fingerprint density at radius 1 is 1.18 bits per heavy atom. The van der Waals surface area contributed by atoms with Gasteiger partial charge in [-0.05, 0) is 61.4 Å². The molecule has 1 unspecified atom stereocenters. The number of esters is 1. The van der Waals surface area contributed by atoms with Gasteiger partial charge in [0.2, 0.25) is 0 Å². The maximum absolute atomic E-state index is 15.2. The number of carbonyl (C=O) groups is 2. The highest BCUT2D eigenvalue weighted by atomic mass is 35.5. The van der Waals surface area contributed by atoms with Crippen LogP contribution in [-0.2, 0) is 17.6 Å². The lowest BCUT2D eigenvalue weighted by Crippen LogP contribution is -2.41. The first-order chi connectivity index (χ1) is 18.1. The molecular weight excluding hydrogens is 526 g/mol. The molecule has 6 nitrogen and oxygen atoms in total. The van der Waals surface area contributed by atoms with Crippen LogP contribution >= 0.6 is 11.6 Å². The standard InChI is InChI=1S/C27H24ClF4N3O3/c1-38-26(37)15-7-9-18(21(29)11-15)24-19-10-8-16(33-13-27(30,31)32)12-22(19)35(34-24)25(36)23-17(14-5-6-14)3-2-4-20(23)28/h2-4,7,9,11,14,16,33H,5-6,8,10,12-13H2,1H3. The number of methoxy groups -OCH3 is 1. The van der Waals surface area contributed by atoms with Crippen LogP contribution in [-0.4, -0.2) is 47.5 Å². The maximum Gasteiger partial charge on any atom is 0.401 e. The minimum atomic E-state index is -4.39. The van der Waals surface area contributed by atoms with E-state index in [9.17, 15) is 22.8 Å². The molecule has 2 aromatic carbocycles. The SMILES string of the molecule is COC(=O)c1ccc(-c2nn(C(=O)c3c(Cl)cccc3C3CC3)c3c2CCC(NCC(F)(F)F)C3)c(F)c1. The second-order valence-corrected chi connectivity index (χ2v) is 10.00. The predicted molar refractivity (Wildman–Crippen MR) is 132 cm³/mol. The molecule has 1 atom stereocenters. The van der Waals surface area contributed by atoms with E-state index in [0.29, 0.717) is 23.2 Å². The molecule has 0 saturated heterocycles. The van der Waals surface area contributed by atoms with Crippen molar-refractivity contribution in [2.45, 2.75) is 50.2 Å². The number of hydrogen-bond donors (Lipinski definition) is 1. The largest absolute Gasteiger partial charge is 0.465 e. The summed E-state index contributed by atoms with van der Waals surface area (Å²) in [6.07, 6.45) is -1.83. The molecule has 0 aliphatic heterocycles. The van der Waals surface area contributed by atoms with Crippen molar-refractivity contribution in [3.05, 3.63) is 75.2 Å². The fraction of sp³-hybridized carbons (Fsp3) is 0.370. The van der Waals surface area contributed by atoms with Crippen molar-refractivity contribution in [3.63, 3.8) is 0 Å². The van der Waals surface area contributed by atoms with E-state index in [4.69, 9.17) is 11.6 Å². The fourth-order valence-corrected chi connectivity index (χ4v) is 5.25. The van der Waals surface area contributed by atoms with E-state index >= 15 is 4.39 Å². The van der Waals surface area contributed by atoms with Crippen LogP contribution in [0.4, 0.5) is 17.6 Å². The van der Waals surface area contributed by atoms with Crippen molar-refractivity contribution >= 4 is 23.5 Å². The van der Waals surface area contributed by atoms with Gasteiger partial charge in [-0.15, -0.1) is 0 Å². The molecule has 0 bridgehead atoms. The number of rotatable bonds is 6. The summed E-state index contributed by atoms with van der Waals surface area (Å²) in [6.45, 7) is -1.16. The van der Waals surface area contributed by atoms with E-state index in [1.807, 2.05) is 6.07 Å². The van der Waals surface area contributed by atoms with E-state index < -0.39 is 36.5 Å². The Morgan fingerprint density at radius 3 is 2.61 bits per heavy atom. The molecule has 38 heavy (non-hydrogen) atoms. The van der Waals surface area contributed by atoms with Crippen LogP contribution in [0.15, 0.2) is 36.4 Å². The Labute approximate surface area is 220 Å². The number of aromatic nitrogens is 2. The van der Waals surface area contributed by atoms with E-state index in [2.05, 4.69) is 15.2 Å². The van der Waals surface area contributed by atoms with Crippen LogP contribution in [0.2, 0.25) is 5.02 Å². The number of fused-ring (bicyclic) bond motifs is 1. The number of carbonyl (C=O) groups excluding carboxylic acids is 2. The van der Waals surface area contributed by atoms with E-state index in [-0.39, 0.29) is 40.6 Å². The third kappa shape index (κ3) is 5.19. The molecule has 5 rings (SSSR count). The normalized spacial score (nSPS) is 17.3. The van der Waals surface area contributed by atoms with Crippen molar-refractivity contribution in [2.75, 3.05) is 13.7 Å². The quantitative estimate of drug-likeness (QED) is 0.315. The summed E-state index contributed by atoms with van der Waals surface area (Å²) in [5.41, 5.74) is 2.37. The highest BCUT2D eigenvalue weighted by Crippen LogP contribution is 2.44. The van der Waals surface area contributed by atoms with Crippen LogP contribution in [0, 0.1) is 5.82 Å². The number of benzene rings is 2. The molecule has 0 radical (unpaired) electrons. The number of halogens is 5. The van der Waals surface area contributed by atoms with Crippen molar-refractivity contribution < 1.29 is 31.9 Å². The first-order valence-electron chi connectivity index (χ1n) is 12.2. The number of nitrogens with zero attached hydrogens (tertiary/aromatic N) is 2. The number of hydrogen-bond acceptors (Lipinski definition) is 5. The van der Waals surface area contributed by atoms with Gasteiger partial charge in [-0.3, -0.25) is 4.79 Å². The third-order valence-electron chi connectivity index (χ3n) is 6.98. The van der Waals surface area contributed by atoms with Crippen LogP contribution in [0.5, 0.6) is 0 Å². The summed E-state index contributed by atoms with van der Waals surface area (Å²) < 4.78 is 59.6. The number of alkyl halides is 3. The van der Waals surface area contributed by atoms with Gasteiger partial charge in [0.1, 0.15) is 5.82 Å². The second-order valence-electron chi connectivity index (χ2n) is 9.59. The summed E-state index contributed by atoms with van der Waals surface area (Å²) in [7, 11) is 1.19. The third-order valence-corrected chi connectivity index (χ3v) is 7.29. The molecule has 200 valence electrons. The molecule has 1 aromatic heterocycles. The van der Waals surface area contributed by atoms with Gasteiger partial charge >= 0.3 is 12.1 Å². The van der Waals surface area contributed by atoms with Crippen molar-refractivity contribution in [1.82, 2.24) is 15.1 Å².